The zero-order valence-electron chi connectivity index (χ0n) is 17.3. The molecule has 3 rings (SSSR count). The predicted octanol–water partition coefficient (Wildman–Crippen LogP) is 2.19. The van der Waals surface area contributed by atoms with E-state index in [-0.39, 0.29) is 24.0 Å². The van der Waals surface area contributed by atoms with Crippen molar-refractivity contribution in [3.63, 3.8) is 0 Å². The summed E-state index contributed by atoms with van der Waals surface area (Å²) in [6.07, 6.45) is 5.85. The predicted molar refractivity (Wildman–Crippen MR) is 109 cm³/mol. The first kappa shape index (κ1) is 21.7. The van der Waals surface area contributed by atoms with Gasteiger partial charge in [-0.25, -0.2) is 4.39 Å². The zero-order valence-corrected chi connectivity index (χ0v) is 17.3. The van der Waals surface area contributed by atoms with E-state index in [0.29, 0.717) is 12.5 Å². The summed E-state index contributed by atoms with van der Waals surface area (Å²) in [7, 11) is 3.14. The van der Waals surface area contributed by atoms with Crippen molar-refractivity contribution in [1.82, 2.24) is 15.5 Å². The molecule has 2 fully saturated rings. The van der Waals surface area contributed by atoms with Crippen LogP contribution in [0.1, 0.15) is 50.0 Å². The minimum Gasteiger partial charge on any atom is -0.377 e. The molecule has 0 bridgehead atoms. The van der Waals surface area contributed by atoms with E-state index in [1.54, 1.807) is 26.2 Å². The van der Waals surface area contributed by atoms with Crippen LogP contribution in [0.4, 0.5) is 4.39 Å². The molecule has 7 heteroatoms. The van der Waals surface area contributed by atoms with Crippen molar-refractivity contribution in [2.75, 3.05) is 27.2 Å². The number of nitrogens with zero attached hydrogens (tertiary/aromatic N) is 1. The first-order valence-electron chi connectivity index (χ1n) is 10.6. The van der Waals surface area contributed by atoms with Crippen molar-refractivity contribution in [2.45, 2.75) is 62.6 Å². The van der Waals surface area contributed by atoms with E-state index < -0.39 is 11.8 Å². The number of nitrogens with one attached hydrogen (secondary N) is 2. The SMILES string of the molecule is CN(C)C(=O)C(=O)N[C@H]1CCCN[C@H]1CO[C@H]1CC[C@@H](c2cccc(F)c2)CC1. The molecule has 1 aliphatic heterocycles. The number of piperidine rings is 1. The van der Waals surface area contributed by atoms with Gasteiger partial charge in [0.1, 0.15) is 5.82 Å². The smallest absolute Gasteiger partial charge is 0.311 e. The second-order valence-electron chi connectivity index (χ2n) is 8.34. The molecular formula is C22H32FN3O3. The van der Waals surface area contributed by atoms with Gasteiger partial charge >= 0.3 is 11.8 Å². The Labute approximate surface area is 172 Å². The summed E-state index contributed by atoms with van der Waals surface area (Å²) in [4.78, 5) is 25.2. The molecule has 0 radical (unpaired) electrons. The van der Waals surface area contributed by atoms with Gasteiger partial charge in [-0.3, -0.25) is 9.59 Å². The molecule has 6 nitrogen and oxygen atoms in total. The molecule has 1 saturated carbocycles. The van der Waals surface area contributed by atoms with Crippen LogP contribution in [0.5, 0.6) is 0 Å². The van der Waals surface area contributed by atoms with E-state index in [4.69, 9.17) is 4.74 Å². The highest BCUT2D eigenvalue weighted by Crippen LogP contribution is 2.34. The molecule has 160 valence electrons. The van der Waals surface area contributed by atoms with Crippen LogP contribution in [0, 0.1) is 5.82 Å². The Hall–Kier alpha value is -1.99. The summed E-state index contributed by atoms with van der Waals surface area (Å²) < 4.78 is 19.6. The van der Waals surface area contributed by atoms with E-state index >= 15 is 0 Å². The number of hydrogen-bond acceptors (Lipinski definition) is 4. The maximum atomic E-state index is 13.5. The van der Waals surface area contributed by atoms with Crippen molar-refractivity contribution in [3.8, 4) is 0 Å². The van der Waals surface area contributed by atoms with Crippen LogP contribution >= 0.6 is 0 Å². The van der Waals surface area contributed by atoms with E-state index in [2.05, 4.69) is 10.6 Å². The fourth-order valence-corrected chi connectivity index (χ4v) is 4.30. The van der Waals surface area contributed by atoms with Gasteiger partial charge in [-0.1, -0.05) is 12.1 Å². The summed E-state index contributed by atoms with van der Waals surface area (Å²) in [5.74, 6) is -0.886. The molecule has 2 aliphatic rings. The Morgan fingerprint density at radius 1 is 1.21 bits per heavy atom. The largest absolute Gasteiger partial charge is 0.377 e. The highest BCUT2D eigenvalue weighted by Gasteiger charge is 2.30. The second kappa shape index (κ2) is 10.2. The molecule has 0 aromatic heterocycles. The van der Waals surface area contributed by atoms with Crippen LogP contribution in [0.3, 0.4) is 0 Å². The Balaban J connectivity index is 1.46. The number of amides is 2. The van der Waals surface area contributed by atoms with Crippen molar-refractivity contribution in [1.29, 1.82) is 0 Å². The summed E-state index contributed by atoms with van der Waals surface area (Å²) in [5, 5.41) is 6.28. The van der Waals surface area contributed by atoms with Gasteiger partial charge < -0.3 is 20.3 Å². The fourth-order valence-electron chi connectivity index (χ4n) is 4.30. The number of rotatable bonds is 5. The van der Waals surface area contributed by atoms with Crippen LogP contribution in [-0.2, 0) is 14.3 Å². The zero-order chi connectivity index (χ0) is 20.8. The number of carbonyl (C=O) groups is 2. The van der Waals surface area contributed by atoms with Gasteiger partial charge in [0.2, 0.25) is 0 Å². The summed E-state index contributed by atoms with van der Waals surface area (Å²) in [5.41, 5.74) is 1.07. The average Bonchev–Trinajstić information content (AvgIpc) is 2.73. The normalized spacial score (nSPS) is 27.3. The highest BCUT2D eigenvalue weighted by molar-refractivity contribution is 6.34. The van der Waals surface area contributed by atoms with Crippen LogP contribution in [0.2, 0.25) is 0 Å². The number of carbonyl (C=O) groups excluding carboxylic acids is 2. The van der Waals surface area contributed by atoms with Gasteiger partial charge in [-0.2, -0.15) is 0 Å². The quantitative estimate of drug-likeness (QED) is 0.737. The number of halogens is 1. The fraction of sp³-hybridized carbons (Fsp3) is 0.636. The lowest BCUT2D eigenvalue weighted by Crippen LogP contribution is -2.57. The van der Waals surface area contributed by atoms with Crippen molar-refractivity contribution < 1.29 is 18.7 Å². The first-order chi connectivity index (χ1) is 13.9. The van der Waals surface area contributed by atoms with Gasteiger partial charge in [0.05, 0.1) is 18.8 Å². The van der Waals surface area contributed by atoms with Gasteiger partial charge in [0, 0.05) is 20.1 Å². The van der Waals surface area contributed by atoms with E-state index in [0.717, 1.165) is 50.6 Å². The standard InChI is InChI=1S/C22H32FN3O3/c1-26(2)22(28)21(27)25-19-7-4-12-24-20(19)14-29-18-10-8-15(9-11-18)16-5-3-6-17(23)13-16/h3,5-6,13,15,18-20,24H,4,7-12,14H2,1-2H3,(H,25,27)/t15-,18+,19-,20-/m0/s1. The third-order valence-electron chi connectivity index (χ3n) is 6.01. The minimum absolute atomic E-state index is 0.00334. The van der Waals surface area contributed by atoms with Crippen LogP contribution in [0.15, 0.2) is 24.3 Å². The number of ether oxygens (including phenoxy) is 1. The third kappa shape index (κ3) is 6.00. The van der Waals surface area contributed by atoms with Crippen molar-refractivity contribution in [2.24, 2.45) is 0 Å². The Kier molecular flexibility index (Phi) is 7.61. The topological polar surface area (TPSA) is 70.7 Å². The lowest BCUT2D eigenvalue weighted by molar-refractivity contribution is -0.144. The third-order valence-corrected chi connectivity index (χ3v) is 6.01. The molecule has 1 saturated heterocycles. The van der Waals surface area contributed by atoms with Gasteiger partial charge in [0.15, 0.2) is 0 Å². The van der Waals surface area contributed by atoms with Crippen molar-refractivity contribution in [3.05, 3.63) is 35.6 Å². The van der Waals surface area contributed by atoms with Crippen LogP contribution in [0.25, 0.3) is 0 Å². The van der Waals surface area contributed by atoms with Gasteiger partial charge in [0.25, 0.3) is 0 Å². The number of benzene rings is 1. The molecule has 1 aromatic carbocycles. The first-order valence-corrected chi connectivity index (χ1v) is 10.6. The highest BCUT2D eigenvalue weighted by atomic mass is 19.1. The maximum absolute atomic E-state index is 13.5. The molecule has 29 heavy (non-hydrogen) atoms. The second-order valence-corrected chi connectivity index (χ2v) is 8.34. The molecule has 2 N–H and O–H groups in total. The molecule has 1 aliphatic carbocycles. The number of hydrogen-bond donors (Lipinski definition) is 2. The minimum atomic E-state index is -0.565. The lowest BCUT2D eigenvalue weighted by atomic mass is 9.82. The Bertz CT molecular complexity index is 704. The monoisotopic (exact) mass is 405 g/mol. The molecule has 0 spiro atoms. The van der Waals surface area contributed by atoms with Crippen molar-refractivity contribution >= 4 is 11.8 Å². The van der Waals surface area contributed by atoms with Crippen LogP contribution in [-0.4, -0.2) is 62.1 Å². The average molecular weight is 406 g/mol. The van der Waals surface area contributed by atoms with Gasteiger partial charge in [-0.15, -0.1) is 0 Å². The molecule has 1 heterocycles. The molecule has 2 atom stereocenters. The molecule has 2 amide bonds. The molecular weight excluding hydrogens is 373 g/mol. The Morgan fingerprint density at radius 2 is 1.97 bits per heavy atom. The molecule has 1 aromatic rings. The summed E-state index contributed by atoms with van der Waals surface area (Å²) in [6.45, 7) is 1.39. The van der Waals surface area contributed by atoms with E-state index in [1.165, 1.54) is 11.0 Å². The van der Waals surface area contributed by atoms with E-state index in [1.807, 2.05) is 6.07 Å². The maximum Gasteiger partial charge on any atom is 0.311 e. The summed E-state index contributed by atoms with van der Waals surface area (Å²) >= 11 is 0. The summed E-state index contributed by atoms with van der Waals surface area (Å²) in [6, 6.07) is 6.80. The van der Waals surface area contributed by atoms with Gasteiger partial charge in [-0.05, 0) is 68.7 Å². The lowest BCUT2D eigenvalue weighted by Gasteiger charge is -2.35. The molecule has 0 unspecified atom stereocenters. The van der Waals surface area contributed by atoms with Crippen LogP contribution < -0.4 is 10.6 Å². The Morgan fingerprint density at radius 3 is 2.66 bits per heavy atom. The number of likely N-dealkylation sites (N-methyl/N-ethyl adjacent to an activating group) is 1. The van der Waals surface area contributed by atoms with E-state index in [9.17, 15) is 14.0 Å².